The molecule has 0 radical (unpaired) electrons. The smallest absolute Gasteiger partial charge is 0.123 e. The van der Waals surface area contributed by atoms with Crippen molar-refractivity contribution in [3.05, 3.63) is 30.1 Å². The highest BCUT2D eigenvalue weighted by atomic mass is 19.1. The highest BCUT2D eigenvalue weighted by Crippen LogP contribution is 2.24. The maximum Gasteiger partial charge on any atom is 0.123 e. The van der Waals surface area contributed by atoms with Crippen LogP contribution in [0.25, 0.3) is 0 Å². The predicted molar refractivity (Wildman–Crippen MR) is 65.6 cm³/mol. The maximum absolute atomic E-state index is 12.7. The van der Waals surface area contributed by atoms with Crippen molar-refractivity contribution in [2.45, 2.75) is 25.4 Å². The van der Waals surface area contributed by atoms with E-state index in [0.29, 0.717) is 12.1 Å². The summed E-state index contributed by atoms with van der Waals surface area (Å²) in [5, 5.41) is 17.1. The summed E-state index contributed by atoms with van der Waals surface area (Å²) in [6.07, 6.45) is 3.11. The SMILES string of the molecule is N=CC1C(=Nc2ccc(F)cc2)CCCC1O. The summed E-state index contributed by atoms with van der Waals surface area (Å²) in [5.41, 5.74) is 1.48. The van der Waals surface area contributed by atoms with Crippen LogP contribution >= 0.6 is 0 Å². The third-order valence-electron chi connectivity index (χ3n) is 3.01. The van der Waals surface area contributed by atoms with Crippen LogP contribution in [0.4, 0.5) is 10.1 Å². The van der Waals surface area contributed by atoms with E-state index in [4.69, 9.17) is 5.41 Å². The first-order valence-electron chi connectivity index (χ1n) is 5.72. The molecule has 1 aromatic carbocycles. The largest absolute Gasteiger partial charge is 0.392 e. The second kappa shape index (κ2) is 5.19. The molecule has 1 aliphatic carbocycles. The van der Waals surface area contributed by atoms with E-state index >= 15 is 0 Å². The van der Waals surface area contributed by atoms with Gasteiger partial charge < -0.3 is 10.5 Å². The fraction of sp³-hybridized carbons (Fsp3) is 0.385. The third-order valence-corrected chi connectivity index (χ3v) is 3.01. The van der Waals surface area contributed by atoms with Crippen molar-refractivity contribution >= 4 is 17.6 Å². The lowest BCUT2D eigenvalue weighted by Crippen LogP contribution is -2.33. The summed E-state index contributed by atoms with van der Waals surface area (Å²) < 4.78 is 12.7. The van der Waals surface area contributed by atoms with E-state index in [-0.39, 0.29) is 11.7 Å². The van der Waals surface area contributed by atoms with Gasteiger partial charge in [0.2, 0.25) is 0 Å². The molecule has 2 unspecified atom stereocenters. The lowest BCUT2D eigenvalue weighted by atomic mass is 9.85. The molecule has 4 heteroatoms. The van der Waals surface area contributed by atoms with Gasteiger partial charge in [-0.3, -0.25) is 4.99 Å². The molecular formula is C13H15FN2O. The standard InChI is InChI=1S/C13H15FN2O/c14-9-4-6-10(7-5-9)16-12-2-1-3-13(17)11(12)8-15/h4-8,11,13,15,17H,1-3H2. The second-order valence-electron chi connectivity index (χ2n) is 4.23. The number of nitrogens with zero attached hydrogens (tertiary/aromatic N) is 1. The molecule has 17 heavy (non-hydrogen) atoms. The molecule has 90 valence electrons. The van der Waals surface area contributed by atoms with Crippen LogP contribution in [-0.2, 0) is 0 Å². The summed E-state index contributed by atoms with van der Waals surface area (Å²) in [6.45, 7) is 0. The van der Waals surface area contributed by atoms with Crippen molar-refractivity contribution in [3.8, 4) is 0 Å². The quantitative estimate of drug-likeness (QED) is 0.759. The first-order chi connectivity index (χ1) is 8.20. The summed E-state index contributed by atoms with van der Waals surface area (Å²) >= 11 is 0. The van der Waals surface area contributed by atoms with Gasteiger partial charge in [0.15, 0.2) is 0 Å². The van der Waals surface area contributed by atoms with Crippen LogP contribution in [0.5, 0.6) is 0 Å². The number of benzene rings is 1. The van der Waals surface area contributed by atoms with Gasteiger partial charge in [-0.2, -0.15) is 0 Å². The van der Waals surface area contributed by atoms with E-state index < -0.39 is 6.10 Å². The highest BCUT2D eigenvalue weighted by molar-refractivity contribution is 6.00. The van der Waals surface area contributed by atoms with Crippen molar-refractivity contribution in [1.82, 2.24) is 0 Å². The van der Waals surface area contributed by atoms with E-state index in [1.54, 1.807) is 12.1 Å². The predicted octanol–water partition coefficient (Wildman–Crippen LogP) is 2.71. The molecule has 0 heterocycles. The minimum Gasteiger partial charge on any atom is -0.392 e. The Hall–Kier alpha value is -1.55. The molecule has 1 aliphatic rings. The van der Waals surface area contributed by atoms with Crippen LogP contribution in [0, 0.1) is 17.1 Å². The minimum atomic E-state index is -0.513. The van der Waals surface area contributed by atoms with Crippen LogP contribution in [0.15, 0.2) is 29.3 Å². The maximum atomic E-state index is 12.7. The number of rotatable bonds is 2. The van der Waals surface area contributed by atoms with Gasteiger partial charge in [-0.05, 0) is 43.5 Å². The van der Waals surface area contributed by atoms with Gasteiger partial charge in [0, 0.05) is 11.9 Å². The zero-order chi connectivity index (χ0) is 12.3. The molecule has 0 aliphatic heterocycles. The average Bonchev–Trinajstić information content (AvgIpc) is 2.32. The molecular weight excluding hydrogens is 219 g/mol. The van der Waals surface area contributed by atoms with Crippen molar-refractivity contribution in [2.75, 3.05) is 0 Å². The van der Waals surface area contributed by atoms with Gasteiger partial charge >= 0.3 is 0 Å². The van der Waals surface area contributed by atoms with Gasteiger partial charge in [0.05, 0.1) is 17.7 Å². The molecule has 2 rings (SSSR count). The number of halogens is 1. The summed E-state index contributed by atoms with van der Waals surface area (Å²) in [6, 6.07) is 5.92. The molecule has 0 spiro atoms. The minimum absolute atomic E-state index is 0.291. The van der Waals surface area contributed by atoms with Gasteiger partial charge in [0.25, 0.3) is 0 Å². The molecule has 1 fully saturated rings. The van der Waals surface area contributed by atoms with E-state index in [2.05, 4.69) is 4.99 Å². The lowest BCUT2D eigenvalue weighted by molar-refractivity contribution is 0.142. The van der Waals surface area contributed by atoms with Crippen LogP contribution in [0.1, 0.15) is 19.3 Å². The number of aliphatic hydroxyl groups excluding tert-OH is 1. The number of nitrogens with one attached hydrogen (secondary N) is 1. The first-order valence-corrected chi connectivity index (χ1v) is 5.72. The van der Waals surface area contributed by atoms with Gasteiger partial charge in [-0.1, -0.05) is 0 Å². The Morgan fingerprint density at radius 1 is 1.35 bits per heavy atom. The lowest BCUT2D eigenvalue weighted by Gasteiger charge is -2.26. The monoisotopic (exact) mass is 234 g/mol. The Bertz CT molecular complexity index is 428. The number of aliphatic hydroxyl groups is 1. The molecule has 2 atom stereocenters. The van der Waals surface area contributed by atoms with Gasteiger partial charge in [-0.25, -0.2) is 4.39 Å². The summed E-state index contributed by atoms with van der Waals surface area (Å²) in [4.78, 5) is 4.40. The molecule has 1 saturated carbocycles. The first kappa shape index (κ1) is 11.9. The van der Waals surface area contributed by atoms with E-state index in [1.807, 2.05) is 0 Å². The molecule has 2 N–H and O–H groups in total. The Balaban J connectivity index is 2.24. The Morgan fingerprint density at radius 3 is 2.71 bits per heavy atom. The third kappa shape index (κ3) is 2.77. The van der Waals surface area contributed by atoms with Crippen LogP contribution < -0.4 is 0 Å². The normalized spacial score (nSPS) is 27.1. The van der Waals surface area contributed by atoms with Crippen molar-refractivity contribution in [2.24, 2.45) is 10.9 Å². The van der Waals surface area contributed by atoms with Crippen LogP contribution in [0.3, 0.4) is 0 Å². The zero-order valence-electron chi connectivity index (χ0n) is 9.44. The van der Waals surface area contributed by atoms with Crippen LogP contribution in [0.2, 0.25) is 0 Å². The van der Waals surface area contributed by atoms with Gasteiger partial charge in [-0.15, -0.1) is 0 Å². The molecule has 1 aromatic rings. The fourth-order valence-electron chi connectivity index (χ4n) is 2.08. The van der Waals surface area contributed by atoms with E-state index in [1.165, 1.54) is 18.3 Å². The average molecular weight is 234 g/mol. The number of hydrogen-bond donors (Lipinski definition) is 2. The van der Waals surface area contributed by atoms with E-state index in [9.17, 15) is 9.50 Å². The molecule has 0 amide bonds. The van der Waals surface area contributed by atoms with Crippen LogP contribution in [-0.4, -0.2) is 23.1 Å². The second-order valence-corrected chi connectivity index (χ2v) is 4.23. The van der Waals surface area contributed by atoms with Crippen molar-refractivity contribution < 1.29 is 9.50 Å². The van der Waals surface area contributed by atoms with Gasteiger partial charge in [0.1, 0.15) is 5.82 Å². The molecule has 3 nitrogen and oxygen atoms in total. The molecule has 0 bridgehead atoms. The Labute approximate surface area is 99.5 Å². The summed E-state index contributed by atoms with van der Waals surface area (Å²) in [5.74, 6) is -0.588. The molecule has 0 saturated heterocycles. The number of hydrogen-bond acceptors (Lipinski definition) is 3. The van der Waals surface area contributed by atoms with Crippen molar-refractivity contribution in [1.29, 1.82) is 5.41 Å². The zero-order valence-corrected chi connectivity index (χ0v) is 9.44. The summed E-state index contributed by atoms with van der Waals surface area (Å²) in [7, 11) is 0. The Kier molecular flexibility index (Phi) is 3.64. The topological polar surface area (TPSA) is 56.4 Å². The number of aliphatic imine (C=N–C) groups is 1. The fourth-order valence-corrected chi connectivity index (χ4v) is 2.08. The molecule has 0 aromatic heterocycles. The van der Waals surface area contributed by atoms with Crippen molar-refractivity contribution in [3.63, 3.8) is 0 Å². The highest BCUT2D eigenvalue weighted by Gasteiger charge is 2.26. The van der Waals surface area contributed by atoms with E-state index in [0.717, 1.165) is 18.6 Å². The Morgan fingerprint density at radius 2 is 2.06 bits per heavy atom.